The van der Waals surface area contributed by atoms with Crippen molar-refractivity contribution in [1.29, 1.82) is 0 Å². The maximum Gasteiger partial charge on any atom is 0.270 e. The van der Waals surface area contributed by atoms with Crippen LogP contribution >= 0.6 is 11.6 Å². The molecule has 3 rings (SSSR count). The molecule has 0 saturated heterocycles. The molecule has 0 unspecified atom stereocenters. The highest BCUT2D eigenvalue weighted by Crippen LogP contribution is 2.27. The zero-order chi connectivity index (χ0) is 17.8. The van der Waals surface area contributed by atoms with Crippen molar-refractivity contribution in [3.8, 4) is 17.2 Å². The van der Waals surface area contributed by atoms with Crippen LogP contribution < -0.4 is 4.74 Å². The summed E-state index contributed by atoms with van der Waals surface area (Å²) in [6.07, 6.45) is 1.66. The molecule has 0 amide bonds. The van der Waals surface area contributed by atoms with Crippen LogP contribution in [0.4, 0.5) is 5.69 Å². The highest BCUT2D eigenvalue weighted by atomic mass is 35.5. The lowest BCUT2D eigenvalue weighted by atomic mass is 10.2. The van der Waals surface area contributed by atoms with Gasteiger partial charge in [-0.3, -0.25) is 10.1 Å². The van der Waals surface area contributed by atoms with E-state index >= 15 is 0 Å². The molecule has 1 aromatic heterocycles. The number of rotatable bonds is 5. The third-order valence-corrected chi connectivity index (χ3v) is 3.59. The van der Waals surface area contributed by atoms with Crippen LogP contribution in [-0.2, 0) is 0 Å². The number of non-ortho nitro benzene ring substituents is 1. The average molecular weight is 358 g/mol. The van der Waals surface area contributed by atoms with Crippen LogP contribution in [0.25, 0.3) is 22.6 Å². The van der Waals surface area contributed by atoms with Gasteiger partial charge in [0.05, 0.1) is 12.0 Å². The van der Waals surface area contributed by atoms with E-state index in [9.17, 15) is 10.1 Å². The van der Waals surface area contributed by atoms with E-state index < -0.39 is 4.92 Å². The molecular formula is C17H12ClN3O4. The molecular weight excluding hydrogens is 346 g/mol. The number of nitro benzene ring substituents is 1. The summed E-state index contributed by atoms with van der Waals surface area (Å²) in [5.41, 5.74) is 1.19. The summed E-state index contributed by atoms with van der Waals surface area (Å²) in [6, 6.07) is 13.2. The van der Waals surface area contributed by atoms with Crippen LogP contribution in [-0.4, -0.2) is 22.2 Å². The van der Waals surface area contributed by atoms with Gasteiger partial charge in [0, 0.05) is 17.7 Å². The van der Waals surface area contributed by atoms with Gasteiger partial charge in [0.1, 0.15) is 10.8 Å². The molecule has 8 heteroatoms. The first-order valence-electron chi connectivity index (χ1n) is 7.17. The number of hydrogen-bond donors (Lipinski definition) is 0. The van der Waals surface area contributed by atoms with E-state index in [0.717, 1.165) is 5.56 Å². The highest BCUT2D eigenvalue weighted by Gasteiger charge is 2.14. The van der Waals surface area contributed by atoms with Crippen molar-refractivity contribution in [3.05, 3.63) is 70.1 Å². The number of methoxy groups -OCH3 is 1. The maximum atomic E-state index is 10.9. The van der Waals surface area contributed by atoms with Crippen LogP contribution in [0.5, 0.6) is 5.75 Å². The van der Waals surface area contributed by atoms with Crippen LogP contribution in [0.2, 0.25) is 0 Å². The summed E-state index contributed by atoms with van der Waals surface area (Å²) >= 11 is 6.23. The third-order valence-electron chi connectivity index (χ3n) is 3.32. The number of benzene rings is 2. The van der Waals surface area contributed by atoms with Crippen molar-refractivity contribution < 1.29 is 14.1 Å². The molecule has 7 nitrogen and oxygen atoms in total. The van der Waals surface area contributed by atoms with Crippen molar-refractivity contribution in [1.82, 2.24) is 10.2 Å². The Hall–Kier alpha value is -3.19. The van der Waals surface area contributed by atoms with Crippen molar-refractivity contribution in [2.24, 2.45) is 0 Å². The predicted octanol–water partition coefficient (Wildman–Crippen LogP) is 4.39. The number of ether oxygens (including phenoxy) is 1. The van der Waals surface area contributed by atoms with Crippen molar-refractivity contribution in [3.63, 3.8) is 0 Å². The minimum Gasteiger partial charge on any atom is -0.497 e. The van der Waals surface area contributed by atoms with Gasteiger partial charge in [0.2, 0.25) is 5.89 Å². The first-order chi connectivity index (χ1) is 12.1. The van der Waals surface area contributed by atoms with E-state index in [1.165, 1.54) is 12.1 Å². The largest absolute Gasteiger partial charge is 0.497 e. The quantitative estimate of drug-likeness (QED) is 0.496. The Morgan fingerprint density at radius 3 is 2.80 bits per heavy atom. The predicted molar refractivity (Wildman–Crippen MR) is 93.1 cm³/mol. The van der Waals surface area contributed by atoms with Crippen LogP contribution in [0.3, 0.4) is 0 Å². The molecule has 0 spiro atoms. The van der Waals surface area contributed by atoms with Crippen molar-refractivity contribution in [2.75, 3.05) is 7.11 Å². The lowest BCUT2D eigenvalue weighted by Gasteiger charge is -2.00. The standard InChI is InChI=1S/C17H12ClN3O4/c1-24-14-7-2-4-11(8-14)9-15(18)17-20-19-16(25-17)12-5-3-6-13(10-12)21(22)23/h2-10H,1H3/b15-9-. The van der Waals surface area contributed by atoms with Crippen LogP contribution in [0.1, 0.15) is 11.5 Å². The summed E-state index contributed by atoms with van der Waals surface area (Å²) in [6.45, 7) is 0. The van der Waals surface area contributed by atoms with Gasteiger partial charge in [-0.15, -0.1) is 10.2 Å². The SMILES string of the molecule is COc1cccc(/C=C(\Cl)c2nnc(-c3cccc([N+](=O)[O-])c3)o2)c1. The summed E-state index contributed by atoms with van der Waals surface area (Å²) in [5, 5.41) is 18.9. The maximum absolute atomic E-state index is 10.9. The Balaban J connectivity index is 1.89. The number of nitro groups is 1. The Morgan fingerprint density at radius 2 is 2.04 bits per heavy atom. The van der Waals surface area contributed by atoms with Gasteiger partial charge in [-0.25, -0.2) is 0 Å². The van der Waals surface area contributed by atoms with Gasteiger partial charge in [-0.05, 0) is 29.8 Å². The summed E-state index contributed by atoms with van der Waals surface area (Å²) in [4.78, 5) is 10.4. The molecule has 0 saturated carbocycles. The van der Waals surface area contributed by atoms with Crippen molar-refractivity contribution in [2.45, 2.75) is 0 Å². The van der Waals surface area contributed by atoms with E-state index in [1.807, 2.05) is 18.2 Å². The summed E-state index contributed by atoms with van der Waals surface area (Å²) in [7, 11) is 1.58. The number of aromatic nitrogens is 2. The van der Waals surface area contributed by atoms with Crippen LogP contribution in [0, 0.1) is 10.1 Å². The Labute approximate surface area is 147 Å². The zero-order valence-corrected chi connectivity index (χ0v) is 13.8. The normalized spacial score (nSPS) is 11.4. The second-order valence-electron chi connectivity index (χ2n) is 4.99. The molecule has 0 radical (unpaired) electrons. The van der Waals surface area contributed by atoms with Crippen molar-refractivity contribution >= 4 is 28.4 Å². The van der Waals surface area contributed by atoms with Gasteiger partial charge in [0.15, 0.2) is 0 Å². The molecule has 0 N–H and O–H groups in total. The number of hydrogen-bond acceptors (Lipinski definition) is 6. The molecule has 0 aliphatic rings. The zero-order valence-electron chi connectivity index (χ0n) is 13.0. The molecule has 0 bridgehead atoms. The van der Waals surface area contributed by atoms with E-state index in [4.69, 9.17) is 20.8 Å². The minimum atomic E-state index is -0.490. The molecule has 2 aromatic carbocycles. The molecule has 0 fully saturated rings. The van der Waals surface area contributed by atoms with Crippen LogP contribution in [0.15, 0.2) is 52.9 Å². The van der Waals surface area contributed by atoms with Gasteiger partial charge in [-0.1, -0.05) is 29.8 Å². The van der Waals surface area contributed by atoms with Gasteiger partial charge in [-0.2, -0.15) is 0 Å². The number of nitrogens with zero attached hydrogens (tertiary/aromatic N) is 3. The van der Waals surface area contributed by atoms with E-state index in [0.29, 0.717) is 11.3 Å². The molecule has 0 aliphatic heterocycles. The van der Waals surface area contributed by atoms with E-state index in [1.54, 1.807) is 31.4 Å². The fraction of sp³-hybridized carbons (Fsp3) is 0.0588. The first kappa shape index (κ1) is 16.7. The fourth-order valence-corrected chi connectivity index (χ4v) is 2.33. The Bertz CT molecular complexity index is 952. The lowest BCUT2D eigenvalue weighted by molar-refractivity contribution is -0.384. The second kappa shape index (κ2) is 7.14. The molecule has 1 heterocycles. The first-order valence-corrected chi connectivity index (χ1v) is 7.54. The smallest absolute Gasteiger partial charge is 0.270 e. The molecule has 126 valence electrons. The van der Waals surface area contributed by atoms with Gasteiger partial charge in [0.25, 0.3) is 11.6 Å². The highest BCUT2D eigenvalue weighted by molar-refractivity contribution is 6.50. The number of halogens is 1. The Morgan fingerprint density at radius 1 is 1.24 bits per heavy atom. The van der Waals surface area contributed by atoms with E-state index in [-0.39, 0.29) is 22.5 Å². The van der Waals surface area contributed by atoms with Gasteiger partial charge < -0.3 is 9.15 Å². The summed E-state index contributed by atoms with van der Waals surface area (Å²) in [5.74, 6) is 0.961. The average Bonchev–Trinajstić information content (AvgIpc) is 3.12. The molecule has 0 atom stereocenters. The second-order valence-corrected chi connectivity index (χ2v) is 5.40. The fourth-order valence-electron chi connectivity index (χ4n) is 2.13. The third kappa shape index (κ3) is 3.84. The molecule has 0 aliphatic carbocycles. The Kier molecular flexibility index (Phi) is 4.76. The minimum absolute atomic E-state index is 0.0599. The lowest BCUT2D eigenvalue weighted by Crippen LogP contribution is -1.88. The van der Waals surface area contributed by atoms with E-state index in [2.05, 4.69) is 10.2 Å². The topological polar surface area (TPSA) is 91.3 Å². The monoisotopic (exact) mass is 357 g/mol. The molecule has 3 aromatic rings. The van der Waals surface area contributed by atoms with Gasteiger partial charge >= 0.3 is 0 Å². The molecule has 25 heavy (non-hydrogen) atoms. The summed E-state index contributed by atoms with van der Waals surface area (Å²) < 4.78 is 10.7.